The van der Waals surface area contributed by atoms with Crippen molar-refractivity contribution >= 4 is 47.2 Å². The van der Waals surface area contributed by atoms with E-state index in [4.69, 9.17) is 0 Å². The van der Waals surface area contributed by atoms with Crippen molar-refractivity contribution in [1.82, 2.24) is 25.8 Å². The molecule has 1 aromatic heterocycles. The molecule has 0 aliphatic carbocycles. The van der Waals surface area contributed by atoms with E-state index in [9.17, 15) is 4.79 Å². The maximum Gasteiger partial charge on any atom is 0.263 e. The third-order valence-electron chi connectivity index (χ3n) is 3.87. The highest BCUT2D eigenvalue weighted by atomic mass is 127. The molecule has 26 heavy (non-hydrogen) atoms. The number of hydrogen-bond acceptors (Lipinski definition) is 5. The number of thiazole rings is 1. The Hall–Kier alpha value is -0.940. The van der Waals surface area contributed by atoms with Crippen molar-refractivity contribution in [3.05, 3.63) is 16.1 Å². The Kier molecular flexibility index (Phi) is 12.8. The average molecular weight is 496 g/mol. The molecule has 0 fully saturated rings. The Labute approximate surface area is 178 Å². The first-order valence-electron chi connectivity index (χ1n) is 8.75. The van der Waals surface area contributed by atoms with Crippen molar-refractivity contribution in [2.75, 3.05) is 33.2 Å². The number of aryl methyl sites for hydroxylation is 1. The van der Waals surface area contributed by atoms with E-state index < -0.39 is 0 Å². The van der Waals surface area contributed by atoms with Gasteiger partial charge in [0.15, 0.2) is 5.96 Å². The lowest BCUT2D eigenvalue weighted by Crippen LogP contribution is -2.46. The summed E-state index contributed by atoms with van der Waals surface area (Å²) < 4.78 is 0. The zero-order valence-electron chi connectivity index (χ0n) is 16.6. The number of halogens is 1. The quantitative estimate of drug-likeness (QED) is 0.211. The summed E-state index contributed by atoms with van der Waals surface area (Å²) >= 11 is 1.36. The van der Waals surface area contributed by atoms with Crippen LogP contribution in [0.25, 0.3) is 0 Å². The fraction of sp³-hybridized carbons (Fsp3) is 0.706. The standard InChI is InChI=1S/C17H32N6OS.HI/c1-12(2)23(13(3)4)10-9-21-17(18-6)20-8-7-19-16(24)15-14(5)22-11-25-15;/h11-13H,7-10H2,1-6H3,(H,19,24)(H2,18,20,21);1H. The first-order chi connectivity index (χ1) is 11.9. The first-order valence-corrected chi connectivity index (χ1v) is 9.63. The molecular weight excluding hydrogens is 463 g/mol. The van der Waals surface area contributed by atoms with Gasteiger partial charge in [-0.2, -0.15) is 0 Å². The average Bonchev–Trinajstić information content (AvgIpc) is 2.98. The predicted molar refractivity (Wildman–Crippen MR) is 121 cm³/mol. The topological polar surface area (TPSA) is 81.6 Å². The minimum Gasteiger partial charge on any atom is -0.355 e. The largest absolute Gasteiger partial charge is 0.355 e. The monoisotopic (exact) mass is 496 g/mol. The van der Waals surface area contributed by atoms with Crippen molar-refractivity contribution in [2.24, 2.45) is 4.99 Å². The number of carbonyl (C=O) groups is 1. The third-order valence-corrected chi connectivity index (χ3v) is 4.79. The summed E-state index contributed by atoms with van der Waals surface area (Å²) in [5.74, 6) is 0.671. The minimum absolute atomic E-state index is 0. The third kappa shape index (κ3) is 8.63. The molecule has 0 radical (unpaired) electrons. The van der Waals surface area contributed by atoms with Crippen LogP contribution in [0.5, 0.6) is 0 Å². The minimum atomic E-state index is -0.0748. The summed E-state index contributed by atoms with van der Waals surface area (Å²) in [5.41, 5.74) is 2.46. The van der Waals surface area contributed by atoms with Gasteiger partial charge in [0.25, 0.3) is 5.91 Å². The molecule has 0 aliphatic rings. The van der Waals surface area contributed by atoms with E-state index in [1.54, 1.807) is 12.6 Å². The molecule has 7 nitrogen and oxygen atoms in total. The Bertz CT molecular complexity index is 553. The molecule has 0 saturated carbocycles. The fourth-order valence-electron chi connectivity index (χ4n) is 2.59. The maximum absolute atomic E-state index is 12.0. The summed E-state index contributed by atoms with van der Waals surface area (Å²) in [7, 11) is 1.75. The number of hydrogen-bond donors (Lipinski definition) is 3. The van der Waals surface area contributed by atoms with E-state index >= 15 is 0 Å². The Morgan fingerprint density at radius 1 is 1.15 bits per heavy atom. The van der Waals surface area contributed by atoms with Crippen LogP contribution in [-0.4, -0.2) is 67.1 Å². The van der Waals surface area contributed by atoms with Gasteiger partial charge in [-0.3, -0.25) is 14.7 Å². The summed E-state index contributed by atoms with van der Waals surface area (Å²) in [6, 6.07) is 1.03. The highest BCUT2D eigenvalue weighted by Gasteiger charge is 2.13. The van der Waals surface area contributed by atoms with Crippen molar-refractivity contribution < 1.29 is 4.79 Å². The molecule has 3 N–H and O–H groups in total. The smallest absolute Gasteiger partial charge is 0.263 e. The van der Waals surface area contributed by atoms with Gasteiger partial charge >= 0.3 is 0 Å². The highest BCUT2D eigenvalue weighted by Crippen LogP contribution is 2.11. The first kappa shape index (κ1) is 25.1. The number of rotatable bonds is 9. The summed E-state index contributed by atoms with van der Waals surface area (Å²) in [6.45, 7) is 13.6. The number of aliphatic imine (C=N–C) groups is 1. The number of aromatic nitrogens is 1. The molecule has 1 amide bonds. The zero-order valence-corrected chi connectivity index (χ0v) is 19.8. The highest BCUT2D eigenvalue weighted by molar-refractivity contribution is 14.0. The van der Waals surface area contributed by atoms with Gasteiger partial charge in [0.05, 0.1) is 11.2 Å². The van der Waals surface area contributed by atoms with Gasteiger partial charge in [-0.1, -0.05) is 0 Å². The molecule has 0 saturated heterocycles. The molecule has 1 rings (SSSR count). The van der Waals surface area contributed by atoms with E-state index in [2.05, 4.69) is 58.5 Å². The second-order valence-electron chi connectivity index (χ2n) is 6.37. The van der Waals surface area contributed by atoms with Gasteiger partial charge in [0.1, 0.15) is 4.88 Å². The van der Waals surface area contributed by atoms with Crippen LogP contribution in [0.3, 0.4) is 0 Å². The van der Waals surface area contributed by atoms with E-state index in [1.165, 1.54) is 11.3 Å². The van der Waals surface area contributed by atoms with Crippen molar-refractivity contribution in [3.63, 3.8) is 0 Å². The predicted octanol–water partition coefficient (Wildman–Crippen LogP) is 2.08. The summed E-state index contributed by atoms with van der Waals surface area (Å²) in [5, 5.41) is 9.41. The van der Waals surface area contributed by atoms with Crippen molar-refractivity contribution in [3.8, 4) is 0 Å². The van der Waals surface area contributed by atoms with Gasteiger partial charge < -0.3 is 16.0 Å². The van der Waals surface area contributed by atoms with Gasteiger partial charge in [0, 0.05) is 45.3 Å². The van der Waals surface area contributed by atoms with E-state index in [1.807, 2.05) is 6.92 Å². The van der Waals surface area contributed by atoms with Crippen LogP contribution in [0.4, 0.5) is 0 Å². The van der Waals surface area contributed by atoms with E-state index in [-0.39, 0.29) is 29.9 Å². The molecule has 0 aliphatic heterocycles. The summed E-state index contributed by atoms with van der Waals surface area (Å²) in [4.78, 5) is 23.4. The molecule has 9 heteroatoms. The lowest BCUT2D eigenvalue weighted by Gasteiger charge is -2.30. The van der Waals surface area contributed by atoms with Crippen LogP contribution < -0.4 is 16.0 Å². The van der Waals surface area contributed by atoms with Gasteiger partial charge in [-0.15, -0.1) is 35.3 Å². The van der Waals surface area contributed by atoms with E-state index in [0.717, 1.165) is 24.7 Å². The van der Waals surface area contributed by atoms with E-state index in [0.29, 0.717) is 30.1 Å². The van der Waals surface area contributed by atoms with Crippen LogP contribution in [-0.2, 0) is 0 Å². The molecule has 0 unspecified atom stereocenters. The summed E-state index contributed by atoms with van der Waals surface area (Å²) in [6.07, 6.45) is 0. The number of nitrogens with one attached hydrogen (secondary N) is 3. The van der Waals surface area contributed by atoms with Crippen molar-refractivity contribution in [2.45, 2.75) is 46.7 Å². The SMILES string of the molecule is CN=C(NCCNC(=O)c1scnc1C)NCCN(C(C)C)C(C)C.I. The molecule has 0 spiro atoms. The molecule has 1 aromatic rings. The van der Waals surface area contributed by atoms with Gasteiger partial charge in [0.2, 0.25) is 0 Å². The van der Waals surface area contributed by atoms with Crippen LogP contribution in [0.15, 0.2) is 10.5 Å². The Balaban J connectivity index is 0.00000625. The maximum atomic E-state index is 12.0. The number of guanidine groups is 1. The Morgan fingerprint density at radius 3 is 2.23 bits per heavy atom. The molecule has 0 aromatic carbocycles. The number of nitrogens with zero attached hydrogens (tertiary/aromatic N) is 3. The normalized spacial score (nSPS) is 11.7. The molecule has 0 atom stereocenters. The second-order valence-corrected chi connectivity index (χ2v) is 7.23. The number of amides is 1. The molecule has 0 bridgehead atoms. The second kappa shape index (κ2) is 13.3. The Morgan fingerprint density at radius 2 is 1.73 bits per heavy atom. The molecule has 1 heterocycles. The van der Waals surface area contributed by atoms with Crippen LogP contribution in [0, 0.1) is 6.92 Å². The van der Waals surface area contributed by atoms with Gasteiger partial charge in [-0.05, 0) is 34.6 Å². The number of carbonyl (C=O) groups excluding carboxylic acids is 1. The van der Waals surface area contributed by atoms with Crippen molar-refractivity contribution in [1.29, 1.82) is 0 Å². The van der Waals surface area contributed by atoms with Crippen LogP contribution in [0.1, 0.15) is 43.1 Å². The lowest BCUT2D eigenvalue weighted by molar-refractivity contribution is 0.0957. The zero-order chi connectivity index (χ0) is 18.8. The molecule has 150 valence electrons. The van der Waals surface area contributed by atoms with Gasteiger partial charge in [-0.25, -0.2) is 4.98 Å². The lowest BCUT2D eigenvalue weighted by atomic mass is 10.2. The molecular formula is C17H33IN6OS. The fourth-order valence-corrected chi connectivity index (χ4v) is 3.31. The van der Waals surface area contributed by atoms with Crippen LogP contribution >= 0.6 is 35.3 Å². The van der Waals surface area contributed by atoms with Crippen LogP contribution in [0.2, 0.25) is 0 Å².